The molecule has 0 amide bonds. The second kappa shape index (κ2) is 6.88. The number of rotatable bonds is 3. The van der Waals surface area contributed by atoms with Crippen LogP contribution in [0.4, 0.5) is 13.2 Å². The van der Waals surface area contributed by atoms with Crippen LogP contribution in [0.25, 0.3) is 28.0 Å². The molecule has 5 rings (SSSR count). The number of halogens is 3. The van der Waals surface area contributed by atoms with Crippen molar-refractivity contribution in [2.45, 2.75) is 24.8 Å². The molecule has 2 aliphatic heterocycles. The van der Waals surface area contributed by atoms with Gasteiger partial charge in [-0.2, -0.15) is 0 Å². The number of nitrogens with zero attached hydrogens (tertiary/aromatic N) is 2. The van der Waals surface area contributed by atoms with Crippen molar-refractivity contribution in [2.75, 3.05) is 13.1 Å². The molecule has 0 radical (unpaired) electrons. The van der Waals surface area contributed by atoms with Crippen molar-refractivity contribution in [1.82, 2.24) is 14.9 Å². The van der Waals surface area contributed by atoms with Gasteiger partial charge in [0.2, 0.25) is 0 Å². The molecule has 2 aromatic heterocycles. The Balaban J connectivity index is 1.62. The molecule has 1 fully saturated rings. The summed E-state index contributed by atoms with van der Waals surface area (Å²) in [4.78, 5) is 9.31. The molecule has 3 aromatic rings. The van der Waals surface area contributed by atoms with Crippen LogP contribution in [0.2, 0.25) is 0 Å². The molecule has 0 spiro atoms. The summed E-state index contributed by atoms with van der Waals surface area (Å²) in [5.74, 6) is -2.91. The number of aromatic amines is 1. The highest BCUT2D eigenvalue weighted by molar-refractivity contribution is 5.91. The maximum absolute atomic E-state index is 13.9. The summed E-state index contributed by atoms with van der Waals surface area (Å²) in [5.41, 5.74) is 5.80. The van der Waals surface area contributed by atoms with Crippen LogP contribution in [0.5, 0.6) is 0 Å². The maximum atomic E-state index is 13.9. The summed E-state index contributed by atoms with van der Waals surface area (Å²) < 4.78 is 41.1. The standard InChI is InChI=1S/C23H20F3N3/c24-18-3-1-16(2-4-18)22-21(15-5-8-27-9-6-15)20(13-28-22)17-7-10-29-14-23(25,26)12-19(29)11-17/h1-6,8-9,11,13,19,28H,7,10,12,14H2. The van der Waals surface area contributed by atoms with Crippen molar-refractivity contribution >= 4 is 5.57 Å². The molecule has 0 saturated carbocycles. The molecule has 1 N–H and O–H groups in total. The van der Waals surface area contributed by atoms with E-state index < -0.39 is 5.92 Å². The summed E-state index contributed by atoms with van der Waals surface area (Å²) in [6.45, 7) is 0.464. The molecule has 6 heteroatoms. The minimum Gasteiger partial charge on any atom is -0.360 e. The van der Waals surface area contributed by atoms with Gasteiger partial charge >= 0.3 is 0 Å². The Morgan fingerprint density at radius 3 is 2.55 bits per heavy atom. The molecule has 148 valence electrons. The molecular formula is C23H20F3N3. The Morgan fingerprint density at radius 1 is 1.03 bits per heavy atom. The van der Waals surface area contributed by atoms with E-state index in [1.165, 1.54) is 12.1 Å². The summed E-state index contributed by atoms with van der Waals surface area (Å²) in [7, 11) is 0. The lowest BCUT2D eigenvalue weighted by Gasteiger charge is -2.28. The number of pyridine rings is 1. The van der Waals surface area contributed by atoms with Crippen LogP contribution in [-0.2, 0) is 0 Å². The third-order valence-corrected chi connectivity index (χ3v) is 5.80. The SMILES string of the molecule is Fc1ccc(-c2[nH]cc(C3=CC4CC(F)(F)CN4CC3)c2-c2ccncc2)cc1. The number of hydrogen-bond donors (Lipinski definition) is 1. The van der Waals surface area contributed by atoms with E-state index in [1.54, 1.807) is 24.5 Å². The first-order chi connectivity index (χ1) is 14.0. The molecule has 0 aliphatic carbocycles. The molecule has 4 heterocycles. The van der Waals surface area contributed by atoms with Crippen LogP contribution in [0.1, 0.15) is 18.4 Å². The maximum Gasteiger partial charge on any atom is 0.262 e. The molecule has 1 saturated heterocycles. The van der Waals surface area contributed by atoms with Gasteiger partial charge in [0, 0.05) is 48.7 Å². The van der Waals surface area contributed by atoms with E-state index >= 15 is 0 Å². The molecule has 1 aromatic carbocycles. The van der Waals surface area contributed by atoms with Crippen molar-refractivity contribution in [1.29, 1.82) is 0 Å². The number of aromatic nitrogens is 2. The fourth-order valence-corrected chi connectivity index (χ4v) is 4.47. The largest absolute Gasteiger partial charge is 0.360 e. The van der Waals surface area contributed by atoms with Gasteiger partial charge in [-0.25, -0.2) is 13.2 Å². The number of benzene rings is 1. The number of hydrogen-bond acceptors (Lipinski definition) is 2. The minimum atomic E-state index is -2.62. The van der Waals surface area contributed by atoms with Crippen LogP contribution in [0, 0.1) is 5.82 Å². The Hall–Kier alpha value is -2.86. The zero-order valence-electron chi connectivity index (χ0n) is 15.7. The third-order valence-electron chi connectivity index (χ3n) is 5.80. The highest BCUT2D eigenvalue weighted by Gasteiger charge is 2.45. The lowest BCUT2D eigenvalue weighted by atomic mass is 9.90. The van der Waals surface area contributed by atoms with Gasteiger partial charge in [-0.1, -0.05) is 6.08 Å². The van der Waals surface area contributed by atoms with Crippen LogP contribution in [-0.4, -0.2) is 39.9 Å². The van der Waals surface area contributed by atoms with E-state index in [2.05, 4.69) is 9.97 Å². The zero-order chi connectivity index (χ0) is 20.0. The van der Waals surface area contributed by atoms with Gasteiger partial charge < -0.3 is 4.98 Å². The molecule has 29 heavy (non-hydrogen) atoms. The number of H-pyrrole nitrogens is 1. The highest BCUT2D eigenvalue weighted by Crippen LogP contribution is 2.42. The first kappa shape index (κ1) is 18.2. The highest BCUT2D eigenvalue weighted by atomic mass is 19.3. The third kappa shape index (κ3) is 3.38. The van der Waals surface area contributed by atoms with Gasteiger partial charge in [0.25, 0.3) is 5.92 Å². The van der Waals surface area contributed by atoms with E-state index in [1.807, 2.05) is 29.3 Å². The summed E-state index contributed by atoms with van der Waals surface area (Å²) in [6, 6.07) is 9.98. The smallest absolute Gasteiger partial charge is 0.262 e. The van der Waals surface area contributed by atoms with E-state index in [9.17, 15) is 13.2 Å². The number of alkyl halides is 2. The lowest BCUT2D eigenvalue weighted by Crippen LogP contribution is -2.33. The Bertz CT molecular complexity index is 1050. The van der Waals surface area contributed by atoms with Crippen molar-refractivity contribution in [2.24, 2.45) is 0 Å². The molecular weight excluding hydrogens is 375 g/mol. The lowest BCUT2D eigenvalue weighted by molar-refractivity contribution is 0.0124. The molecule has 1 atom stereocenters. The van der Waals surface area contributed by atoms with Gasteiger partial charge in [-0.05, 0) is 59.5 Å². The second-order valence-electron chi connectivity index (χ2n) is 7.73. The Labute approximate surface area is 166 Å². The first-order valence-electron chi connectivity index (χ1n) is 9.71. The summed E-state index contributed by atoms with van der Waals surface area (Å²) in [6.07, 6.45) is 7.97. The van der Waals surface area contributed by atoms with E-state index in [-0.39, 0.29) is 24.8 Å². The topological polar surface area (TPSA) is 31.9 Å². The Morgan fingerprint density at radius 2 is 1.79 bits per heavy atom. The number of nitrogens with one attached hydrogen (secondary N) is 1. The van der Waals surface area contributed by atoms with Crippen molar-refractivity contribution in [3.63, 3.8) is 0 Å². The van der Waals surface area contributed by atoms with Gasteiger partial charge in [0.15, 0.2) is 0 Å². The van der Waals surface area contributed by atoms with Crippen molar-refractivity contribution in [3.8, 4) is 22.4 Å². The van der Waals surface area contributed by atoms with Crippen LogP contribution in [0.3, 0.4) is 0 Å². The van der Waals surface area contributed by atoms with Gasteiger partial charge in [0.05, 0.1) is 12.2 Å². The average Bonchev–Trinajstić information content (AvgIpc) is 3.28. The predicted octanol–water partition coefficient (Wildman–Crippen LogP) is 5.38. The monoisotopic (exact) mass is 395 g/mol. The fourth-order valence-electron chi connectivity index (χ4n) is 4.47. The second-order valence-corrected chi connectivity index (χ2v) is 7.73. The average molecular weight is 395 g/mol. The van der Waals surface area contributed by atoms with Crippen molar-refractivity contribution in [3.05, 3.63) is 72.4 Å². The van der Waals surface area contributed by atoms with Crippen LogP contribution < -0.4 is 0 Å². The molecule has 0 bridgehead atoms. The number of fused-ring (bicyclic) bond motifs is 1. The van der Waals surface area contributed by atoms with Gasteiger partial charge in [0.1, 0.15) is 5.82 Å². The van der Waals surface area contributed by atoms with Crippen LogP contribution in [0.15, 0.2) is 61.1 Å². The first-order valence-corrected chi connectivity index (χ1v) is 9.71. The molecule has 1 unspecified atom stereocenters. The normalized spacial score (nSPS) is 21.1. The Kier molecular flexibility index (Phi) is 4.32. The summed E-state index contributed by atoms with van der Waals surface area (Å²) in [5, 5.41) is 0. The fraction of sp³-hybridized carbons (Fsp3) is 0.261. The van der Waals surface area contributed by atoms with Crippen LogP contribution >= 0.6 is 0 Å². The predicted molar refractivity (Wildman–Crippen MR) is 107 cm³/mol. The van der Waals surface area contributed by atoms with Crippen molar-refractivity contribution < 1.29 is 13.2 Å². The quantitative estimate of drug-likeness (QED) is 0.646. The summed E-state index contributed by atoms with van der Waals surface area (Å²) >= 11 is 0. The van der Waals surface area contributed by atoms with E-state index in [0.29, 0.717) is 13.0 Å². The zero-order valence-corrected chi connectivity index (χ0v) is 15.7. The van der Waals surface area contributed by atoms with E-state index in [0.717, 1.165) is 33.5 Å². The molecule has 3 nitrogen and oxygen atoms in total. The molecule has 2 aliphatic rings. The van der Waals surface area contributed by atoms with Gasteiger partial charge in [-0.3, -0.25) is 9.88 Å². The van der Waals surface area contributed by atoms with Gasteiger partial charge in [-0.15, -0.1) is 0 Å². The minimum absolute atomic E-state index is 0.129. The van der Waals surface area contributed by atoms with E-state index in [4.69, 9.17) is 0 Å².